The van der Waals surface area contributed by atoms with Gasteiger partial charge in [-0.2, -0.15) is 0 Å². The van der Waals surface area contributed by atoms with Crippen LogP contribution in [0.1, 0.15) is 47.9 Å². The highest BCUT2D eigenvalue weighted by molar-refractivity contribution is 6.08. The number of ketones is 1. The van der Waals surface area contributed by atoms with E-state index < -0.39 is 11.6 Å². The van der Waals surface area contributed by atoms with Gasteiger partial charge < -0.3 is 10.1 Å². The predicted molar refractivity (Wildman–Crippen MR) is 69.0 cm³/mol. The van der Waals surface area contributed by atoms with Crippen LogP contribution in [-0.4, -0.2) is 23.9 Å². The van der Waals surface area contributed by atoms with Gasteiger partial charge in [0.1, 0.15) is 5.60 Å². The van der Waals surface area contributed by atoms with E-state index in [-0.39, 0.29) is 5.78 Å². The van der Waals surface area contributed by atoms with E-state index in [1.165, 1.54) is 0 Å². The number of esters is 1. The smallest absolute Gasteiger partial charge is 0.340 e. The summed E-state index contributed by atoms with van der Waals surface area (Å²) in [6.45, 7) is 6.02. The molecule has 4 heteroatoms. The third-order valence-corrected chi connectivity index (χ3v) is 2.64. The maximum absolute atomic E-state index is 12.1. The number of fused-ring (bicyclic) bond motifs is 1. The molecule has 0 aliphatic carbocycles. The molecule has 4 nitrogen and oxygen atoms in total. The Labute approximate surface area is 106 Å². The molecule has 1 heterocycles. The van der Waals surface area contributed by atoms with Gasteiger partial charge in [0, 0.05) is 18.5 Å². The fraction of sp³-hybridized carbons (Fsp3) is 0.429. The van der Waals surface area contributed by atoms with Crippen molar-refractivity contribution in [2.45, 2.75) is 32.8 Å². The average molecular weight is 247 g/mol. The first-order chi connectivity index (χ1) is 8.38. The minimum atomic E-state index is -0.543. The van der Waals surface area contributed by atoms with Gasteiger partial charge in [0.05, 0.1) is 11.3 Å². The highest BCUT2D eigenvalue weighted by Gasteiger charge is 2.25. The van der Waals surface area contributed by atoms with Crippen LogP contribution < -0.4 is 5.32 Å². The molecule has 0 bridgehead atoms. The van der Waals surface area contributed by atoms with Crippen molar-refractivity contribution in [3.8, 4) is 0 Å². The Balaban J connectivity index is 2.37. The number of rotatable bonds is 1. The van der Waals surface area contributed by atoms with Crippen molar-refractivity contribution in [1.29, 1.82) is 0 Å². The fourth-order valence-corrected chi connectivity index (χ4v) is 1.91. The van der Waals surface area contributed by atoms with Crippen LogP contribution in [0.15, 0.2) is 18.2 Å². The molecular weight excluding hydrogens is 230 g/mol. The number of carbonyl (C=O) groups excluding carboxylic acids is 2. The van der Waals surface area contributed by atoms with Crippen molar-refractivity contribution in [2.24, 2.45) is 0 Å². The van der Waals surface area contributed by atoms with Crippen LogP contribution >= 0.6 is 0 Å². The molecule has 1 aromatic carbocycles. The number of hydrogen-bond donors (Lipinski definition) is 1. The van der Waals surface area contributed by atoms with Gasteiger partial charge in [-0.05, 0) is 32.9 Å². The number of carbonyl (C=O) groups is 2. The second-order valence-electron chi connectivity index (χ2n) is 5.33. The third kappa shape index (κ3) is 2.53. The first-order valence-electron chi connectivity index (χ1n) is 6.02. The summed E-state index contributed by atoms with van der Waals surface area (Å²) in [4.78, 5) is 23.8. The summed E-state index contributed by atoms with van der Waals surface area (Å²) in [5, 5.41) is 3.11. The van der Waals surface area contributed by atoms with E-state index >= 15 is 0 Å². The molecule has 0 fully saturated rings. The van der Waals surface area contributed by atoms with E-state index in [1.54, 1.807) is 18.2 Å². The van der Waals surface area contributed by atoms with Crippen LogP contribution in [0.4, 0.5) is 5.69 Å². The number of benzene rings is 1. The number of hydrogen-bond acceptors (Lipinski definition) is 4. The fourth-order valence-electron chi connectivity index (χ4n) is 1.91. The SMILES string of the molecule is CC(C)(C)OC(=O)c1cccc2c1NCCC2=O. The normalized spacial score (nSPS) is 14.7. The Morgan fingerprint density at radius 3 is 2.72 bits per heavy atom. The van der Waals surface area contributed by atoms with Gasteiger partial charge in [-0.15, -0.1) is 0 Å². The summed E-state index contributed by atoms with van der Waals surface area (Å²) in [7, 11) is 0. The lowest BCUT2D eigenvalue weighted by molar-refractivity contribution is 0.00706. The molecular formula is C14H17NO3. The molecule has 0 radical (unpaired) electrons. The molecule has 0 atom stereocenters. The molecule has 0 amide bonds. The quantitative estimate of drug-likeness (QED) is 0.775. The zero-order chi connectivity index (χ0) is 13.3. The molecule has 1 aliphatic heterocycles. The van der Waals surface area contributed by atoms with Gasteiger partial charge in [0.15, 0.2) is 5.78 Å². The van der Waals surface area contributed by atoms with Crippen molar-refractivity contribution in [1.82, 2.24) is 0 Å². The largest absolute Gasteiger partial charge is 0.456 e. The van der Waals surface area contributed by atoms with Crippen molar-refractivity contribution < 1.29 is 14.3 Å². The predicted octanol–water partition coefficient (Wildman–Crippen LogP) is 2.64. The second kappa shape index (κ2) is 4.44. The summed E-state index contributed by atoms with van der Waals surface area (Å²) in [6.07, 6.45) is 0.463. The summed E-state index contributed by atoms with van der Waals surface area (Å²) >= 11 is 0. The standard InChI is InChI=1S/C14H17NO3/c1-14(2,3)18-13(17)10-6-4-5-9-11(16)7-8-15-12(9)10/h4-6,15H,7-8H2,1-3H3. The number of ether oxygens (including phenoxy) is 1. The highest BCUT2D eigenvalue weighted by Crippen LogP contribution is 2.27. The monoisotopic (exact) mass is 247 g/mol. The van der Waals surface area contributed by atoms with Crippen molar-refractivity contribution in [3.63, 3.8) is 0 Å². The molecule has 0 spiro atoms. The summed E-state index contributed by atoms with van der Waals surface area (Å²) in [6, 6.07) is 5.12. The van der Waals surface area contributed by atoms with Crippen LogP contribution in [0, 0.1) is 0 Å². The zero-order valence-corrected chi connectivity index (χ0v) is 10.9. The van der Waals surface area contributed by atoms with Crippen LogP contribution in [0.2, 0.25) is 0 Å². The number of anilines is 1. The maximum atomic E-state index is 12.1. The van der Waals surface area contributed by atoms with Crippen molar-refractivity contribution >= 4 is 17.4 Å². The van der Waals surface area contributed by atoms with E-state index in [1.807, 2.05) is 20.8 Å². The second-order valence-corrected chi connectivity index (χ2v) is 5.33. The van der Waals surface area contributed by atoms with Gasteiger partial charge in [0.2, 0.25) is 0 Å². The lowest BCUT2D eigenvalue weighted by Crippen LogP contribution is -2.26. The first kappa shape index (κ1) is 12.6. The minimum absolute atomic E-state index is 0.0640. The van der Waals surface area contributed by atoms with Gasteiger partial charge >= 0.3 is 5.97 Å². The van der Waals surface area contributed by atoms with E-state index in [2.05, 4.69) is 5.32 Å². The Morgan fingerprint density at radius 2 is 2.06 bits per heavy atom. The van der Waals surface area contributed by atoms with E-state index in [0.29, 0.717) is 29.8 Å². The minimum Gasteiger partial charge on any atom is -0.456 e. The van der Waals surface area contributed by atoms with Crippen LogP contribution in [0.5, 0.6) is 0 Å². The van der Waals surface area contributed by atoms with Gasteiger partial charge in [-0.25, -0.2) is 4.79 Å². The molecule has 1 aliphatic rings. The van der Waals surface area contributed by atoms with Crippen LogP contribution in [-0.2, 0) is 4.74 Å². The molecule has 0 unspecified atom stereocenters. The van der Waals surface area contributed by atoms with Gasteiger partial charge in [0.25, 0.3) is 0 Å². The molecule has 1 aromatic rings. The first-order valence-corrected chi connectivity index (χ1v) is 6.02. The number of para-hydroxylation sites is 1. The number of Topliss-reactive ketones (excluding diaryl/α,β-unsaturated/α-hetero) is 1. The van der Waals surface area contributed by atoms with E-state index in [9.17, 15) is 9.59 Å². The lowest BCUT2D eigenvalue weighted by atomic mass is 9.98. The third-order valence-electron chi connectivity index (χ3n) is 2.64. The van der Waals surface area contributed by atoms with Crippen LogP contribution in [0.3, 0.4) is 0 Å². The van der Waals surface area contributed by atoms with Crippen LogP contribution in [0.25, 0.3) is 0 Å². The highest BCUT2D eigenvalue weighted by atomic mass is 16.6. The molecule has 1 N–H and O–H groups in total. The van der Waals surface area contributed by atoms with Crippen molar-refractivity contribution in [2.75, 3.05) is 11.9 Å². The average Bonchev–Trinajstić information content (AvgIpc) is 2.26. The van der Waals surface area contributed by atoms with E-state index in [4.69, 9.17) is 4.74 Å². The lowest BCUT2D eigenvalue weighted by Gasteiger charge is -2.23. The van der Waals surface area contributed by atoms with E-state index in [0.717, 1.165) is 0 Å². The number of nitrogens with one attached hydrogen (secondary N) is 1. The van der Waals surface area contributed by atoms with Gasteiger partial charge in [-0.1, -0.05) is 6.07 Å². The topological polar surface area (TPSA) is 55.4 Å². The zero-order valence-electron chi connectivity index (χ0n) is 10.9. The summed E-state index contributed by atoms with van der Waals surface area (Å²) in [5.74, 6) is -0.337. The Hall–Kier alpha value is -1.84. The maximum Gasteiger partial charge on any atom is 0.340 e. The molecule has 96 valence electrons. The molecule has 0 saturated carbocycles. The van der Waals surface area contributed by atoms with Crippen molar-refractivity contribution in [3.05, 3.63) is 29.3 Å². The summed E-state index contributed by atoms with van der Waals surface area (Å²) < 4.78 is 5.33. The molecule has 0 aromatic heterocycles. The molecule has 0 saturated heterocycles. The Bertz CT molecular complexity index is 500. The Morgan fingerprint density at radius 1 is 1.33 bits per heavy atom. The summed E-state index contributed by atoms with van der Waals surface area (Å²) in [5.41, 5.74) is 1.06. The van der Waals surface area contributed by atoms with Gasteiger partial charge in [-0.3, -0.25) is 4.79 Å². The molecule has 2 rings (SSSR count). The Kier molecular flexibility index (Phi) is 3.11. The molecule has 18 heavy (non-hydrogen) atoms.